The number of carbonyl (C=O) groups excluding carboxylic acids is 1. The van der Waals surface area contributed by atoms with Crippen LogP contribution in [0.1, 0.15) is 15.9 Å². The molecule has 0 saturated carbocycles. The van der Waals surface area contributed by atoms with Gasteiger partial charge >= 0.3 is 12.1 Å². The summed E-state index contributed by atoms with van der Waals surface area (Å²) in [6.07, 6.45) is -5.08. The number of halogens is 5. The molecule has 0 bridgehead atoms. The van der Waals surface area contributed by atoms with Gasteiger partial charge in [0.15, 0.2) is 0 Å². The lowest BCUT2D eigenvalue weighted by Crippen LogP contribution is -2.48. The smallest absolute Gasteiger partial charge is 0.475 e. The third-order valence-electron chi connectivity index (χ3n) is 5.04. The van der Waals surface area contributed by atoms with Crippen LogP contribution in [0, 0.1) is 5.82 Å². The molecule has 0 unspecified atom stereocenters. The first-order chi connectivity index (χ1) is 16.8. The number of piperazine rings is 1. The van der Waals surface area contributed by atoms with Crippen LogP contribution >= 0.6 is 11.6 Å². The van der Waals surface area contributed by atoms with Crippen molar-refractivity contribution in [1.82, 2.24) is 14.5 Å². The molecular formula is C22H24ClF4N3O5S. The predicted octanol–water partition coefficient (Wildman–Crippen LogP) is 2.99. The van der Waals surface area contributed by atoms with E-state index >= 15 is 0 Å². The summed E-state index contributed by atoms with van der Waals surface area (Å²) in [5.74, 6) is -4.21. The molecular weight excluding hydrogens is 530 g/mol. The lowest BCUT2D eigenvalue weighted by molar-refractivity contribution is -0.192. The van der Waals surface area contributed by atoms with Crippen molar-refractivity contribution in [3.8, 4) is 0 Å². The normalized spacial score (nSPS) is 14.5. The zero-order valence-corrected chi connectivity index (χ0v) is 20.4. The molecule has 8 nitrogen and oxygen atoms in total. The molecule has 0 radical (unpaired) electrons. The maximum absolute atomic E-state index is 14.2. The Morgan fingerprint density at radius 1 is 1.06 bits per heavy atom. The van der Waals surface area contributed by atoms with Gasteiger partial charge in [-0.15, -0.1) is 0 Å². The van der Waals surface area contributed by atoms with Crippen LogP contribution in [0.5, 0.6) is 0 Å². The number of nitrogens with one attached hydrogen (secondary N) is 1. The molecule has 0 atom stereocenters. The summed E-state index contributed by atoms with van der Waals surface area (Å²) < 4.78 is 72.7. The van der Waals surface area contributed by atoms with Crippen molar-refractivity contribution in [1.29, 1.82) is 0 Å². The van der Waals surface area contributed by atoms with Crippen molar-refractivity contribution in [3.05, 3.63) is 70.5 Å². The molecule has 14 heteroatoms. The Balaban J connectivity index is 0.000000572. The number of alkyl halides is 3. The number of hydrogen-bond acceptors (Lipinski definition) is 5. The van der Waals surface area contributed by atoms with E-state index in [1.54, 1.807) is 30.3 Å². The van der Waals surface area contributed by atoms with E-state index in [4.69, 9.17) is 21.5 Å². The van der Waals surface area contributed by atoms with Crippen LogP contribution in [0.25, 0.3) is 0 Å². The fourth-order valence-electron chi connectivity index (χ4n) is 3.17. The predicted molar refractivity (Wildman–Crippen MR) is 125 cm³/mol. The third kappa shape index (κ3) is 8.73. The molecule has 0 aliphatic carbocycles. The van der Waals surface area contributed by atoms with E-state index < -0.39 is 33.9 Å². The van der Waals surface area contributed by atoms with E-state index in [9.17, 15) is 30.8 Å². The monoisotopic (exact) mass is 553 g/mol. The molecule has 0 spiro atoms. The van der Waals surface area contributed by atoms with Crippen LogP contribution in [0.3, 0.4) is 0 Å². The first-order valence-electron chi connectivity index (χ1n) is 10.6. The fraction of sp³-hybridized carbons (Fsp3) is 0.364. The molecule has 2 N–H and O–H groups in total. The Morgan fingerprint density at radius 3 is 2.17 bits per heavy atom. The number of nitrogens with zero attached hydrogens (tertiary/aromatic N) is 2. The van der Waals surface area contributed by atoms with Crippen molar-refractivity contribution < 1.29 is 40.7 Å². The summed E-state index contributed by atoms with van der Waals surface area (Å²) in [4.78, 5) is 23.2. The number of carboxylic acid groups (broad SMARTS) is 1. The lowest BCUT2D eigenvalue weighted by atomic mass is 10.1. The number of aliphatic carboxylic acids is 1. The van der Waals surface area contributed by atoms with Crippen LogP contribution < -0.4 is 5.32 Å². The molecule has 1 aliphatic rings. The summed E-state index contributed by atoms with van der Waals surface area (Å²) >= 11 is 6.22. The largest absolute Gasteiger partial charge is 0.490 e. The molecule has 1 aliphatic heterocycles. The summed E-state index contributed by atoms with van der Waals surface area (Å²) in [7, 11) is -3.53. The maximum atomic E-state index is 14.2. The number of rotatable bonds is 7. The van der Waals surface area contributed by atoms with Crippen LogP contribution in [0.15, 0.2) is 48.5 Å². The van der Waals surface area contributed by atoms with Gasteiger partial charge in [-0.2, -0.15) is 17.5 Å². The highest BCUT2D eigenvalue weighted by Gasteiger charge is 2.38. The Labute approximate surface area is 210 Å². The van der Waals surface area contributed by atoms with Crippen LogP contribution in [-0.4, -0.2) is 79.3 Å². The maximum Gasteiger partial charge on any atom is 0.490 e. The van der Waals surface area contributed by atoms with E-state index in [0.717, 1.165) is 0 Å². The number of benzene rings is 2. The Bertz CT molecular complexity index is 1160. The van der Waals surface area contributed by atoms with Gasteiger partial charge < -0.3 is 15.3 Å². The Hall–Kier alpha value is -2.74. The van der Waals surface area contributed by atoms with Crippen molar-refractivity contribution in [3.63, 3.8) is 0 Å². The second-order valence-electron chi connectivity index (χ2n) is 7.57. The summed E-state index contributed by atoms with van der Waals surface area (Å²) in [6, 6.07) is 12.7. The summed E-state index contributed by atoms with van der Waals surface area (Å²) in [5.41, 5.74) is 0.567. The zero-order chi connectivity index (χ0) is 26.9. The van der Waals surface area contributed by atoms with Gasteiger partial charge in [-0.3, -0.25) is 4.79 Å². The molecule has 2 aromatic rings. The van der Waals surface area contributed by atoms with Gasteiger partial charge in [0.25, 0.3) is 5.91 Å². The van der Waals surface area contributed by atoms with Gasteiger partial charge in [-0.25, -0.2) is 17.6 Å². The van der Waals surface area contributed by atoms with Gasteiger partial charge in [0.05, 0.1) is 11.3 Å². The quantitative estimate of drug-likeness (QED) is 0.511. The summed E-state index contributed by atoms with van der Waals surface area (Å²) in [6.45, 7) is 2.00. The average molecular weight is 554 g/mol. The number of sulfonamides is 1. The number of carboxylic acids is 1. The van der Waals surface area contributed by atoms with Crippen LogP contribution in [-0.2, 0) is 21.4 Å². The Morgan fingerprint density at radius 2 is 1.61 bits per heavy atom. The third-order valence-corrected chi connectivity index (χ3v) is 7.26. The second kappa shape index (κ2) is 13.0. The molecule has 1 saturated heterocycles. The SMILES string of the molecule is O=C(O)C(F)(F)F.O=C(c1ccccc1F)N(CCS(=O)(=O)N1CCNCC1)Cc1ccccc1Cl. The molecule has 1 fully saturated rings. The second-order valence-corrected chi connectivity index (χ2v) is 10.1. The summed E-state index contributed by atoms with van der Waals surface area (Å²) in [5, 5.41) is 10.7. The number of amides is 1. The first-order valence-corrected chi connectivity index (χ1v) is 12.6. The number of carbonyl (C=O) groups is 2. The standard InChI is InChI=1S/C20H23ClFN3O3S.C2HF3O2/c21-18-7-3-1-5-16(18)15-24(20(26)17-6-2-4-8-19(17)22)13-14-29(27,28)25-11-9-23-10-12-25;3-2(4,5)1(6)7/h1-8,23H,9-15H2;(H,6,7). The van der Waals surface area contributed by atoms with Gasteiger partial charge in [-0.1, -0.05) is 41.9 Å². The van der Waals surface area contributed by atoms with E-state index in [1.165, 1.54) is 27.4 Å². The highest BCUT2D eigenvalue weighted by Crippen LogP contribution is 2.20. The molecule has 0 aromatic heterocycles. The Kier molecular flexibility index (Phi) is 10.6. The van der Waals surface area contributed by atoms with Gasteiger partial charge in [0, 0.05) is 44.3 Å². The molecule has 1 amide bonds. The highest BCUT2D eigenvalue weighted by atomic mass is 35.5. The van der Waals surface area contributed by atoms with E-state index in [1.807, 2.05) is 0 Å². The zero-order valence-electron chi connectivity index (χ0n) is 18.8. The molecule has 2 aromatic carbocycles. The van der Waals surface area contributed by atoms with Gasteiger partial charge in [0.2, 0.25) is 10.0 Å². The average Bonchev–Trinajstić information content (AvgIpc) is 2.83. The minimum Gasteiger partial charge on any atom is -0.475 e. The topological polar surface area (TPSA) is 107 Å². The van der Waals surface area contributed by atoms with Crippen LogP contribution in [0.2, 0.25) is 5.02 Å². The van der Waals surface area contributed by atoms with Crippen LogP contribution in [0.4, 0.5) is 17.6 Å². The van der Waals surface area contributed by atoms with Crippen molar-refractivity contribution in [2.45, 2.75) is 12.7 Å². The number of hydrogen-bond donors (Lipinski definition) is 2. The molecule has 198 valence electrons. The lowest BCUT2D eigenvalue weighted by Gasteiger charge is -2.29. The fourth-order valence-corrected chi connectivity index (χ4v) is 4.81. The van der Waals surface area contributed by atoms with Crippen molar-refractivity contribution in [2.75, 3.05) is 38.5 Å². The van der Waals surface area contributed by atoms with E-state index in [2.05, 4.69) is 5.32 Å². The molecule has 36 heavy (non-hydrogen) atoms. The minimum atomic E-state index is -5.08. The minimum absolute atomic E-state index is 0.0648. The van der Waals surface area contributed by atoms with E-state index in [-0.39, 0.29) is 24.4 Å². The van der Waals surface area contributed by atoms with Gasteiger partial charge in [-0.05, 0) is 23.8 Å². The van der Waals surface area contributed by atoms with Crippen molar-refractivity contribution in [2.24, 2.45) is 0 Å². The highest BCUT2D eigenvalue weighted by molar-refractivity contribution is 7.89. The molecule has 3 rings (SSSR count). The van der Waals surface area contributed by atoms with Gasteiger partial charge in [0.1, 0.15) is 5.82 Å². The van der Waals surface area contributed by atoms with Crippen molar-refractivity contribution >= 4 is 33.5 Å². The van der Waals surface area contributed by atoms with E-state index in [0.29, 0.717) is 36.8 Å². The molecule has 1 heterocycles. The first kappa shape index (κ1) is 29.5.